The molecular formula is C8H18N2O. The molecule has 11 heavy (non-hydrogen) atoms. The Morgan fingerprint density at radius 2 is 2.00 bits per heavy atom. The van der Waals surface area contributed by atoms with E-state index in [9.17, 15) is 4.79 Å². The lowest BCUT2D eigenvalue weighted by Gasteiger charge is -2.23. The van der Waals surface area contributed by atoms with E-state index in [0.29, 0.717) is 6.42 Å². The average molecular weight is 158 g/mol. The highest BCUT2D eigenvalue weighted by molar-refractivity contribution is 5.75. The van der Waals surface area contributed by atoms with Gasteiger partial charge in [0.05, 0.1) is 6.17 Å². The van der Waals surface area contributed by atoms with Crippen LogP contribution >= 0.6 is 0 Å². The zero-order valence-corrected chi connectivity index (χ0v) is 7.85. The van der Waals surface area contributed by atoms with Gasteiger partial charge in [0.2, 0.25) is 5.91 Å². The third-order valence-corrected chi connectivity index (χ3v) is 1.66. The summed E-state index contributed by atoms with van der Waals surface area (Å²) in [4.78, 5) is 13.0. The maximum Gasteiger partial charge on any atom is 0.220 e. The fourth-order valence-corrected chi connectivity index (χ4v) is 0.884. The molecule has 0 saturated carbocycles. The molecule has 1 amide bonds. The van der Waals surface area contributed by atoms with Crippen molar-refractivity contribution in [3.8, 4) is 0 Å². The van der Waals surface area contributed by atoms with Crippen LogP contribution in [0.15, 0.2) is 0 Å². The van der Waals surface area contributed by atoms with Gasteiger partial charge in [0.25, 0.3) is 0 Å². The van der Waals surface area contributed by atoms with E-state index in [4.69, 9.17) is 0 Å². The Morgan fingerprint density at radius 1 is 1.45 bits per heavy atom. The summed E-state index contributed by atoms with van der Waals surface area (Å²) in [5.41, 5.74) is 0. The lowest BCUT2D eigenvalue weighted by atomic mass is 10.3. The van der Waals surface area contributed by atoms with Crippen LogP contribution in [0.5, 0.6) is 0 Å². The minimum atomic E-state index is 0.116. The highest BCUT2D eigenvalue weighted by Crippen LogP contribution is 1.94. The van der Waals surface area contributed by atoms with Crippen LogP contribution in [0.3, 0.4) is 0 Å². The molecule has 3 nitrogen and oxygen atoms in total. The lowest BCUT2D eigenvalue weighted by molar-refractivity contribution is -0.122. The largest absolute Gasteiger partial charge is 0.341 e. The second kappa shape index (κ2) is 5.13. The first-order chi connectivity index (χ1) is 5.11. The number of hydrogen-bond acceptors (Lipinski definition) is 2. The molecule has 3 heteroatoms. The van der Waals surface area contributed by atoms with Gasteiger partial charge in [-0.2, -0.15) is 0 Å². The summed E-state index contributed by atoms with van der Waals surface area (Å²) < 4.78 is 0. The second-order valence-corrected chi connectivity index (χ2v) is 2.81. The molecule has 0 saturated heterocycles. The van der Waals surface area contributed by atoms with E-state index in [1.165, 1.54) is 0 Å². The number of nitrogens with one attached hydrogen (secondary N) is 1. The Labute approximate surface area is 68.8 Å². The second-order valence-electron chi connectivity index (χ2n) is 2.81. The van der Waals surface area contributed by atoms with Gasteiger partial charge in [-0.05, 0) is 20.5 Å². The van der Waals surface area contributed by atoms with Crippen molar-refractivity contribution in [2.24, 2.45) is 0 Å². The molecule has 66 valence electrons. The number of amides is 1. The van der Waals surface area contributed by atoms with Crippen LogP contribution in [0, 0.1) is 0 Å². The lowest BCUT2D eigenvalue weighted by Crippen LogP contribution is -2.43. The third-order valence-electron chi connectivity index (χ3n) is 1.66. The van der Waals surface area contributed by atoms with Crippen molar-refractivity contribution in [2.45, 2.75) is 32.9 Å². The van der Waals surface area contributed by atoms with Crippen LogP contribution < -0.4 is 5.32 Å². The molecule has 0 spiro atoms. The van der Waals surface area contributed by atoms with E-state index in [-0.39, 0.29) is 12.1 Å². The monoisotopic (exact) mass is 158 g/mol. The van der Waals surface area contributed by atoms with Crippen LogP contribution in [0.4, 0.5) is 0 Å². The quantitative estimate of drug-likeness (QED) is 0.614. The highest BCUT2D eigenvalue weighted by atomic mass is 16.1. The van der Waals surface area contributed by atoms with Gasteiger partial charge >= 0.3 is 0 Å². The Bertz CT molecular complexity index is 123. The number of rotatable bonds is 4. The zero-order chi connectivity index (χ0) is 8.85. The summed E-state index contributed by atoms with van der Waals surface area (Å²) in [7, 11) is 3.92. The van der Waals surface area contributed by atoms with Gasteiger partial charge in [0.15, 0.2) is 0 Å². The predicted octanol–water partition coefficient (Wildman–Crippen LogP) is 0.810. The molecule has 0 aliphatic rings. The van der Waals surface area contributed by atoms with Crippen molar-refractivity contribution in [1.29, 1.82) is 0 Å². The third kappa shape index (κ3) is 3.98. The number of nitrogens with zero attached hydrogens (tertiary/aromatic N) is 1. The van der Waals surface area contributed by atoms with Crippen LogP contribution in [0.2, 0.25) is 0 Å². The SMILES string of the molecule is CCC(=O)NC(CC)N(C)C. The van der Waals surface area contributed by atoms with Crippen LogP contribution in [-0.2, 0) is 4.79 Å². The zero-order valence-electron chi connectivity index (χ0n) is 7.85. The van der Waals surface area contributed by atoms with E-state index < -0.39 is 0 Å². The Hall–Kier alpha value is -0.570. The first-order valence-electron chi connectivity index (χ1n) is 4.07. The minimum absolute atomic E-state index is 0.116. The van der Waals surface area contributed by atoms with Crippen molar-refractivity contribution < 1.29 is 4.79 Å². The maximum absolute atomic E-state index is 10.9. The summed E-state index contributed by atoms with van der Waals surface area (Å²) in [6, 6.07) is 0. The molecule has 0 bridgehead atoms. The molecule has 0 aromatic heterocycles. The average Bonchev–Trinajstić information content (AvgIpc) is 1.99. The first kappa shape index (κ1) is 10.4. The molecule has 0 aliphatic carbocycles. The van der Waals surface area contributed by atoms with Crippen LogP contribution in [0.25, 0.3) is 0 Å². The van der Waals surface area contributed by atoms with E-state index in [0.717, 1.165) is 6.42 Å². The molecule has 0 fully saturated rings. The molecule has 0 aromatic rings. The summed E-state index contributed by atoms with van der Waals surface area (Å²) >= 11 is 0. The van der Waals surface area contributed by atoms with Gasteiger partial charge in [-0.15, -0.1) is 0 Å². The summed E-state index contributed by atoms with van der Waals surface area (Å²) in [6.45, 7) is 3.92. The molecule has 0 rings (SSSR count). The fraction of sp³-hybridized carbons (Fsp3) is 0.875. The van der Waals surface area contributed by atoms with Gasteiger partial charge in [-0.25, -0.2) is 0 Å². The highest BCUT2D eigenvalue weighted by Gasteiger charge is 2.09. The van der Waals surface area contributed by atoms with Crippen molar-refractivity contribution >= 4 is 5.91 Å². The smallest absolute Gasteiger partial charge is 0.220 e. The topological polar surface area (TPSA) is 32.3 Å². The summed E-state index contributed by atoms with van der Waals surface area (Å²) in [6.07, 6.45) is 1.69. The summed E-state index contributed by atoms with van der Waals surface area (Å²) in [5.74, 6) is 0.116. The molecule has 0 aliphatic heterocycles. The van der Waals surface area contributed by atoms with E-state index in [1.807, 2.05) is 25.9 Å². The molecule has 0 radical (unpaired) electrons. The molecule has 1 N–H and O–H groups in total. The Kier molecular flexibility index (Phi) is 4.86. The van der Waals surface area contributed by atoms with Gasteiger partial charge < -0.3 is 5.32 Å². The molecule has 1 atom stereocenters. The molecular weight excluding hydrogens is 140 g/mol. The molecule has 1 unspecified atom stereocenters. The van der Waals surface area contributed by atoms with Gasteiger partial charge in [-0.3, -0.25) is 9.69 Å². The van der Waals surface area contributed by atoms with Crippen molar-refractivity contribution in [1.82, 2.24) is 10.2 Å². The normalized spacial score (nSPS) is 13.2. The standard InChI is InChI=1S/C8H18N2O/c1-5-7(10(3)4)9-8(11)6-2/h7H,5-6H2,1-4H3,(H,9,11). The number of carbonyl (C=O) groups is 1. The van der Waals surface area contributed by atoms with E-state index in [2.05, 4.69) is 12.2 Å². The van der Waals surface area contributed by atoms with Crippen molar-refractivity contribution in [3.05, 3.63) is 0 Å². The molecule has 0 heterocycles. The van der Waals surface area contributed by atoms with Crippen molar-refractivity contribution in [2.75, 3.05) is 14.1 Å². The number of hydrogen-bond donors (Lipinski definition) is 1. The predicted molar refractivity (Wildman–Crippen MR) is 46.2 cm³/mol. The minimum Gasteiger partial charge on any atom is -0.341 e. The van der Waals surface area contributed by atoms with Gasteiger partial charge in [0, 0.05) is 6.42 Å². The van der Waals surface area contributed by atoms with Crippen LogP contribution in [0.1, 0.15) is 26.7 Å². The maximum atomic E-state index is 10.9. The fourth-order valence-electron chi connectivity index (χ4n) is 0.884. The summed E-state index contributed by atoms with van der Waals surface area (Å²) in [5, 5.41) is 2.90. The van der Waals surface area contributed by atoms with Crippen LogP contribution in [-0.4, -0.2) is 31.1 Å². The first-order valence-corrected chi connectivity index (χ1v) is 4.07. The van der Waals surface area contributed by atoms with E-state index >= 15 is 0 Å². The van der Waals surface area contributed by atoms with Gasteiger partial charge in [-0.1, -0.05) is 13.8 Å². The van der Waals surface area contributed by atoms with Crippen molar-refractivity contribution in [3.63, 3.8) is 0 Å². The molecule has 0 aromatic carbocycles. The Morgan fingerprint density at radius 3 is 2.27 bits per heavy atom. The van der Waals surface area contributed by atoms with Gasteiger partial charge in [0.1, 0.15) is 0 Å². The Balaban J connectivity index is 3.78. The van der Waals surface area contributed by atoms with E-state index in [1.54, 1.807) is 0 Å². The number of carbonyl (C=O) groups excluding carboxylic acids is 1.